The molecule has 0 spiro atoms. The second kappa shape index (κ2) is 7.36. The molecule has 0 radical (unpaired) electrons. The summed E-state index contributed by atoms with van der Waals surface area (Å²) in [5.74, 6) is 2.72. The molecule has 2 aliphatic rings. The van der Waals surface area contributed by atoms with Crippen LogP contribution < -0.4 is 0 Å². The first-order valence-corrected chi connectivity index (χ1v) is 9.95. The van der Waals surface area contributed by atoms with Crippen LogP contribution in [0.25, 0.3) is 0 Å². The molecule has 2 aliphatic heterocycles. The molecule has 6 heteroatoms. The van der Waals surface area contributed by atoms with Crippen LogP contribution in [0.15, 0.2) is 12.1 Å². The smallest absolute Gasteiger partial charge is 0.264 e. The lowest BCUT2D eigenvalue weighted by molar-refractivity contribution is 0.0762. The van der Waals surface area contributed by atoms with Gasteiger partial charge in [-0.15, -0.1) is 11.3 Å². The minimum Gasteiger partial charge on any atom is -0.337 e. The lowest BCUT2D eigenvalue weighted by Crippen LogP contribution is -2.41. The number of nitrogens with zero attached hydrogens (tertiary/aromatic N) is 2. The summed E-state index contributed by atoms with van der Waals surface area (Å²) in [5.41, 5.74) is 0. The third kappa shape index (κ3) is 3.95. The monoisotopic (exact) mass is 344 g/mol. The summed E-state index contributed by atoms with van der Waals surface area (Å²) in [6.07, 6.45) is 3.69. The van der Waals surface area contributed by atoms with Gasteiger partial charge in [0.15, 0.2) is 0 Å². The Morgan fingerprint density at radius 1 is 1.14 bits per heavy atom. The summed E-state index contributed by atoms with van der Waals surface area (Å²) in [6.45, 7) is 3.86. The first-order chi connectivity index (χ1) is 10.2. The molecule has 2 saturated heterocycles. The Balaban J connectivity index is 1.58. The number of amides is 1. The molecular formula is C15H21ClN2OS2. The van der Waals surface area contributed by atoms with Gasteiger partial charge in [0.1, 0.15) is 0 Å². The Kier molecular flexibility index (Phi) is 5.49. The minimum absolute atomic E-state index is 0.146. The summed E-state index contributed by atoms with van der Waals surface area (Å²) < 4.78 is 0.689. The van der Waals surface area contributed by atoms with E-state index in [2.05, 4.69) is 16.7 Å². The number of carbonyl (C=O) groups is 1. The summed E-state index contributed by atoms with van der Waals surface area (Å²) in [4.78, 5) is 17.9. The van der Waals surface area contributed by atoms with Crippen molar-refractivity contribution < 1.29 is 4.79 Å². The van der Waals surface area contributed by atoms with E-state index >= 15 is 0 Å². The lowest BCUT2D eigenvalue weighted by Gasteiger charge is -2.33. The predicted octanol–water partition coefficient (Wildman–Crippen LogP) is 3.45. The van der Waals surface area contributed by atoms with Crippen LogP contribution >= 0.6 is 34.7 Å². The van der Waals surface area contributed by atoms with Gasteiger partial charge in [0.25, 0.3) is 5.91 Å². The summed E-state index contributed by atoms with van der Waals surface area (Å²) in [7, 11) is 0. The van der Waals surface area contributed by atoms with Crippen LogP contribution in [0.2, 0.25) is 4.34 Å². The summed E-state index contributed by atoms with van der Waals surface area (Å²) in [5, 5.41) is 0. The highest BCUT2D eigenvalue weighted by atomic mass is 35.5. The van der Waals surface area contributed by atoms with E-state index in [1.165, 1.54) is 35.7 Å². The molecule has 116 valence electrons. The maximum absolute atomic E-state index is 12.5. The molecule has 0 atom stereocenters. The second-order valence-corrected chi connectivity index (χ2v) is 8.57. The Labute approximate surface area is 139 Å². The van der Waals surface area contributed by atoms with Crippen molar-refractivity contribution in [2.24, 2.45) is 0 Å². The zero-order valence-electron chi connectivity index (χ0n) is 12.1. The first kappa shape index (κ1) is 15.7. The quantitative estimate of drug-likeness (QED) is 0.821. The molecular weight excluding hydrogens is 324 g/mol. The largest absolute Gasteiger partial charge is 0.337 e. The van der Waals surface area contributed by atoms with Crippen molar-refractivity contribution in [1.29, 1.82) is 0 Å². The zero-order valence-corrected chi connectivity index (χ0v) is 14.5. The van der Waals surface area contributed by atoms with Gasteiger partial charge in [0, 0.05) is 32.2 Å². The van der Waals surface area contributed by atoms with E-state index in [0.29, 0.717) is 4.34 Å². The molecule has 0 aliphatic carbocycles. The lowest BCUT2D eigenvalue weighted by atomic mass is 10.1. The van der Waals surface area contributed by atoms with Gasteiger partial charge in [0.05, 0.1) is 9.21 Å². The van der Waals surface area contributed by atoms with E-state index in [4.69, 9.17) is 11.6 Å². The SMILES string of the molecule is O=C(c1ccc(Cl)s1)N1CCCN(C2CCSCC2)CC1. The zero-order chi connectivity index (χ0) is 14.7. The molecule has 2 fully saturated rings. The van der Waals surface area contributed by atoms with E-state index in [-0.39, 0.29) is 5.91 Å². The Bertz CT molecular complexity index is 488. The van der Waals surface area contributed by atoms with E-state index in [0.717, 1.165) is 43.5 Å². The molecule has 3 heterocycles. The van der Waals surface area contributed by atoms with Crippen LogP contribution in [0, 0.1) is 0 Å². The molecule has 0 bridgehead atoms. The van der Waals surface area contributed by atoms with Gasteiger partial charge in [-0.3, -0.25) is 9.69 Å². The number of hydrogen-bond donors (Lipinski definition) is 0. The van der Waals surface area contributed by atoms with Crippen LogP contribution in [0.5, 0.6) is 0 Å². The number of thiophene rings is 1. The van der Waals surface area contributed by atoms with Gasteiger partial charge in [-0.05, 0) is 42.9 Å². The maximum Gasteiger partial charge on any atom is 0.264 e. The Morgan fingerprint density at radius 3 is 2.67 bits per heavy atom. The highest BCUT2D eigenvalue weighted by molar-refractivity contribution is 7.99. The number of rotatable bonds is 2. The van der Waals surface area contributed by atoms with Crippen molar-refractivity contribution in [3.05, 3.63) is 21.3 Å². The van der Waals surface area contributed by atoms with Crippen LogP contribution in [0.4, 0.5) is 0 Å². The molecule has 0 aromatic carbocycles. The van der Waals surface area contributed by atoms with Gasteiger partial charge >= 0.3 is 0 Å². The topological polar surface area (TPSA) is 23.6 Å². The molecule has 21 heavy (non-hydrogen) atoms. The number of hydrogen-bond acceptors (Lipinski definition) is 4. The van der Waals surface area contributed by atoms with Crippen LogP contribution in [0.3, 0.4) is 0 Å². The molecule has 0 saturated carbocycles. The maximum atomic E-state index is 12.5. The fourth-order valence-corrected chi connectivity index (χ4v) is 5.23. The summed E-state index contributed by atoms with van der Waals surface area (Å²) in [6, 6.07) is 4.39. The van der Waals surface area contributed by atoms with E-state index in [9.17, 15) is 4.79 Å². The average molecular weight is 345 g/mol. The van der Waals surface area contributed by atoms with E-state index in [1.54, 1.807) is 0 Å². The van der Waals surface area contributed by atoms with Gasteiger partial charge < -0.3 is 4.90 Å². The van der Waals surface area contributed by atoms with E-state index in [1.807, 2.05) is 17.0 Å². The fraction of sp³-hybridized carbons (Fsp3) is 0.667. The van der Waals surface area contributed by atoms with Gasteiger partial charge in [0.2, 0.25) is 0 Å². The van der Waals surface area contributed by atoms with Crippen LogP contribution in [0.1, 0.15) is 28.9 Å². The first-order valence-electron chi connectivity index (χ1n) is 7.60. The highest BCUT2D eigenvalue weighted by Crippen LogP contribution is 2.25. The molecule has 3 nitrogen and oxygen atoms in total. The van der Waals surface area contributed by atoms with Gasteiger partial charge in [-0.1, -0.05) is 11.6 Å². The minimum atomic E-state index is 0.146. The number of carbonyl (C=O) groups excluding carboxylic acids is 1. The standard InChI is InChI=1S/C15H21ClN2OS2/c16-14-3-2-13(21-14)15(19)18-7-1-6-17(8-9-18)12-4-10-20-11-5-12/h2-3,12H,1,4-11H2. The van der Waals surface area contributed by atoms with Crippen molar-refractivity contribution in [1.82, 2.24) is 9.80 Å². The molecule has 1 amide bonds. The predicted molar refractivity (Wildman–Crippen MR) is 91.8 cm³/mol. The van der Waals surface area contributed by atoms with Crippen LogP contribution in [-0.2, 0) is 0 Å². The molecule has 0 unspecified atom stereocenters. The Morgan fingerprint density at radius 2 is 1.95 bits per heavy atom. The highest BCUT2D eigenvalue weighted by Gasteiger charge is 2.26. The van der Waals surface area contributed by atoms with Gasteiger partial charge in [-0.25, -0.2) is 0 Å². The van der Waals surface area contributed by atoms with Crippen LogP contribution in [-0.4, -0.2) is 59.4 Å². The van der Waals surface area contributed by atoms with Crippen molar-refractivity contribution in [3.8, 4) is 0 Å². The molecule has 0 N–H and O–H groups in total. The van der Waals surface area contributed by atoms with Crippen molar-refractivity contribution >= 4 is 40.6 Å². The average Bonchev–Trinajstić information content (AvgIpc) is 2.81. The van der Waals surface area contributed by atoms with Gasteiger partial charge in [-0.2, -0.15) is 11.8 Å². The second-order valence-electron chi connectivity index (χ2n) is 5.63. The van der Waals surface area contributed by atoms with Crippen molar-refractivity contribution in [2.75, 3.05) is 37.7 Å². The van der Waals surface area contributed by atoms with E-state index < -0.39 is 0 Å². The third-order valence-electron chi connectivity index (χ3n) is 4.31. The number of thioether (sulfide) groups is 1. The Hall–Kier alpha value is -0.230. The molecule has 1 aromatic heterocycles. The van der Waals surface area contributed by atoms with Crippen molar-refractivity contribution in [2.45, 2.75) is 25.3 Å². The molecule has 1 aromatic rings. The summed E-state index contributed by atoms with van der Waals surface area (Å²) >= 11 is 9.39. The fourth-order valence-electron chi connectivity index (χ4n) is 3.14. The normalized spacial score (nSPS) is 22.2. The third-order valence-corrected chi connectivity index (χ3v) is 6.58. The molecule has 3 rings (SSSR count). The van der Waals surface area contributed by atoms with Crippen molar-refractivity contribution in [3.63, 3.8) is 0 Å². The number of halogens is 1.